The molecule has 0 spiro atoms. The van der Waals surface area contributed by atoms with Gasteiger partial charge in [-0.25, -0.2) is 0 Å². The number of amides is 2. The minimum atomic E-state index is -0.345. The van der Waals surface area contributed by atoms with E-state index < -0.39 is 0 Å². The topological polar surface area (TPSA) is 75.4 Å². The molecule has 2 rings (SSSR count). The minimum absolute atomic E-state index is 0.0880. The Morgan fingerprint density at radius 3 is 2.89 bits per heavy atom. The van der Waals surface area contributed by atoms with Gasteiger partial charge in [-0.05, 0) is 24.8 Å². The fourth-order valence-electron chi connectivity index (χ4n) is 2.38. The Morgan fingerprint density at radius 1 is 1.58 bits per heavy atom. The number of imide groups is 1. The molecule has 1 fully saturated rings. The molecule has 0 aromatic carbocycles. The molecule has 0 bridgehead atoms. The lowest BCUT2D eigenvalue weighted by molar-refractivity contribution is -0.141. The normalized spacial score (nSPS) is 24.1. The summed E-state index contributed by atoms with van der Waals surface area (Å²) in [6, 6.07) is 3.44. The second-order valence-electron chi connectivity index (χ2n) is 4.79. The lowest BCUT2D eigenvalue weighted by atomic mass is 9.99. The Labute approximate surface area is 116 Å². The van der Waals surface area contributed by atoms with Crippen LogP contribution in [0.1, 0.15) is 31.2 Å². The summed E-state index contributed by atoms with van der Waals surface area (Å²) >= 11 is 1.61. The van der Waals surface area contributed by atoms with Gasteiger partial charge in [-0.15, -0.1) is 11.3 Å². The van der Waals surface area contributed by atoms with E-state index in [1.54, 1.807) is 11.3 Å². The number of hydrogen-bond acceptors (Lipinski definition) is 5. The van der Waals surface area contributed by atoms with Crippen LogP contribution in [0.3, 0.4) is 0 Å². The van der Waals surface area contributed by atoms with E-state index in [2.05, 4.69) is 5.32 Å². The Balaban J connectivity index is 2.32. The monoisotopic (exact) mass is 281 g/mol. The van der Waals surface area contributed by atoms with Gasteiger partial charge in [0.1, 0.15) is 0 Å². The molecule has 3 atom stereocenters. The van der Waals surface area contributed by atoms with Crippen molar-refractivity contribution in [3.63, 3.8) is 0 Å². The highest BCUT2D eigenvalue weighted by Gasteiger charge is 2.38. The van der Waals surface area contributed by atoms with E-state index in [1.807, 2.05) is 36.3 Å². The fourth-order valence-corrected chi connectivity index (χ4v) is 3.30. The molecule has 2 amide bonds. The van der Waals surface area contributed by atoms with E-state index >= 15 is 0 Å². The molecule has 1 aromatic heterocycles. The molecular weight excluding hydrogens is 262 g/mol. The minimum Gasteiger partial charge on any atom is -0.326 e. The second kappa shape index (κ2) is 5.81. The first-order valence-electron chi connectivity index (χ1n) is 6.43. The van der Waals surface area contributed by atoms with Crippen LogP contribution in [0.25, 0.3) is 0 Å². The largest absolute Gasteiger partial charge is 0.326 e. The fraction of sp³-hybridized carbons (Fsp3) is 0.538. The van der Waals surface area contributed by atoms with Crippen LogP contribution in [0.15, 0.2) is 17.5 Å². The highest BCUT2D eigenvalue weighted by molar-refractivity contribution is 7.10. The number of carbonyl (C=O) groups excluding carboxylic acids is 2. The summed E-state index contributed by atoms with van der Waals surface area (Å²) in [7, 11) is 0. The maximum Gasteiger partial charge on any atom is 0.243 e. The van der Waals surface area contributed by atoms with E-state index in [9.17, 15) is 9.59 Å². The van der Waals surface area contributed by atoms with Crippen molar-refractivity contribution in [2.24, 2.45) is 5.73 Å². The van der Waals surface area contributed by atoms with Gasteiger partial charge < -0.3 is 5.73 Å². The maximum absolute atomic E-state index is 11.8. The molecule has 0 radical (unpaired) electrons. The molecule has 19 heavy (non-hydrogen) atoms. The number of thiophene rings is 1. The summed E-state index contributed by atoms with van der Waals surface area (Å²) in [5.41, 5.74) is 6.21. The van der Waals surface area contributed by atoms with E-state index in [0.29, 0.717) is 0 Å². The number of nitrogens with zero attached hydrogens (tertiary/aromatic N) is 1. The van der Waals surface area contributed by atoms with Crippen LogP contribution >= 0.6 is 11.3 Å². The number of nitrogens with two attached hydrogens (primary N) is 1. The summed E-state index contributed by atoms with van der Waals surface area (Å²) in [5, 5.41) is 4.35. The molecule has 3 unspecified atom stereocenters. The molecule has 1 aliphatic heterocycles. The van der Waals surface area contributed by atoms with E-state index in [0.717, 1.165) is 11.3 Å². The first kappa shape index (κ1) is 14.2. The predicted molar refractivity (Wildman–Crippen MR) is 74.6 cm³/mol. The van der Waals surface area contributed by atoms with Gasteiger partial charge in [-0.1, -0.05) is 13.0 Å². The number of rotatable bonds is 4. The van der Waals surface area contributed by atoms with Gasteiger partial charge >= 0.3 is 0 Å². The van der Waals surface area contributed by atoms with Crippen LogP contribution < -0.4 is 11.1 Å². The van der Waals surface area contributed by atoms with Crippen LogP contribution in [0.2, 0.25) is 0 Å². The average molecular weight is 281 g/mol. The van der Waals surface area contributed by atoms with Crippen LogP contribution in [-0.2, 0) is 9.59 Å². The predicted octanol–water partition coefficient (Wildman–Crippen LogP) is 0.873. The third-order valence-corrected chi connectivity index (χ3v) is 4.48. The van der Waals surface area contributed by atoms with Crippen molar-refractivity contribution in [3.8, 4) is 0 Å². The van der Waals surface area contributed by atoms with Crippen molar-refractivity contribution in [1.29, 1.82) is 0 Å². The highest BCUT2D eigenvalue weighted by atomic mass is 32.1. The molecule has 2 heterocycles. The van der Waals surface area contributed by atoms with Crippen molar-refractivity contribution in [3.05, 3.63) is 22.4 Å². The van der Waals surface area contributed by atoms with E-state index in [-0.39, 0.29) is 36.5 Å². The van der Waals surface area contributed by atoms with Gasteiger partial charge in [-0.2, -0.15) is 0 Å². The van der Waals surface area contributed by atoms with E-state index in [1.165, 1.54) is 0 Å². The summed E-state index contributed by atoms with van der Waals surface area (Å²) in [5.74, 6) is -0.505. The first-order chi connectivity index (χ1) is 9.04. The molecule has 104 valence electrons. The molecule has 0 saturated carbocycles. The Hall–Kier alpha value is -1.24. The van der Waals surface area contributed by atoms with Gasteiger partial charge in [0.25, 0.3) is 0 Å². The summed E-state index contributed by atoms with van der Waals surface area (Å²) in [6.45, 7) is 4.04. The number of nitrogens with one attached hydrogen (secondary N) is 1. The summed E-state index contributed by atoms with van der Waals surface area (Å²) < 4.78 is 0. The first-order valence-corrected chi connectivity index (χ1v) is 7.31. The average Bonchev–Trinajstić information content (AvgIpc) is 2.88. The Morgan fingerprint density at radius 2 is 2.32 bits per heavy atom. The molecular formula is C13H19N3O2S. The molecule has 3 N–H and O–H groups in total. The van der Waals surface area contributed by atoms with Crippen molar-refractivity contribution in [2.45, 2.75) is 38.4 Å². The quantitative estimate of drug-likeness (QED) is 0.803. The third kappa shape index (κ3) is 2.86. The SMILES string of the molecule is CCC(N)C(c1cccs1)N1CC(=O)NC(=O)C1C. The van der Waals surface area contributed by atoms with Crippen LogP contribution in [0.5, 0.6) is 0 Å². The van der Waals surface area contributed by atoms with Crippen molar-refractivity contribution in [2.75, 3.05) is 6.54 Å². The lowest BCUT2D eigenvalue weighted by Crippen LogP contribution is -2.59. The standard InChI is InChI=1S/C13H19N3O2S/c1-3-9(14)12(10-5-4-6-19-10)16-7-11(17)15-13(18)8(16)2/h4-6,8-9,12H,3,7,14H2,1-2H3,(H,15,17,18). The summed E-state index contributed by atoms with van der Waals surface area (Å²) in [6.07, 6.45) is 0.793. The Kier molecular flexibility index (Phi) is 4.34. The van der Waals surface area contributed by atoms with Gasteiger partial charge in [0.15, 0.2) is 0 Å². The van der Waals surface area contributed by atoms with Crippen LogP contribution in [-0.4, -0.2) is 35.3 Å². The van der Waals surface area contributed by atoms with Crippen molar-refractivity contribution in [1.82, 2.24) is 10.2 Å². The zero-order valence-electron chi connectivity index (χ0n) is 11.1. The number of piperazine rings is 1. The van der Waals surface area contributed by atoms with Crippen molar-refractivity contribution >= 4 is 23.2 Å². The third-order valence-electron chi connectivity index (χ3n) is 3.53. The van der Waals surface area contributed by atoms with E-state index in [4.69, 9.17) is 5.73 Å². The van der Waals surface area contributed by atoms with Crippen LogP contribution in [0, 0.1) is 0 Å². The molecule has 1 aliphatic rings. The molecule has 1 saturated heterocycles. The van der Waals surface area contributed by atoms with Gasteiger partial charge in [-0.3, -0.25) is 19.8 Å². The highest BCUT2D eigenvalue weighted by Crippen LogP contribution is 2.31. The summed E-state index contributed by atoms with van der Waals surface area (Å²) in [4.78, 5) is 26.4. The zero-order chi connectivity index (χ0) is 14.0. The Bertz CT molecular complexity index is 460. The number of hydrogen-bond donors (Lipinski definition) is 2. The number of carbonyl (C=O) groups is 2. The van der Waals surface area contributed by atoms with Crippen LogP contribution in [0.4, 0.5) is 0 Å². The molecule has 6 heteroatoms. The molecule has 5 nitrogen and oxygen atoms in total. The lowest BCUT2D eigenvalue weighted by Gasteiger charge is -2.40. The molecule has 0 aliphatic carbocycles. The maximum atomic E-state index is 11.8. The second-order valence-corrected chi connectivity index (χ2v) is 5.77. The van der Waals surface area contributed by atoms with Gasteiger partial charge in [0.05, 0.1) is 18.6 Å². The van der Waals surface area contributed by atoms with Gasteiger partial charge in [0, 0.05) is 10.9 Å². The van der Waals surface area contributed by atoms with Crippen molar-refractivity contribution < 1.29 is 9.59 Å². The zero-order valence-corrected chi connectivity index (χ0v) is 11.9. The smallest absolute Gasteiger partial charge is 0.243 e. The van der Waals surface area contributed by atoms with Gasteiger partial charge in [0.2, 0.25) is 11.8 Å². The molecule has 1 aromatic rings.